The van der Waals surface area contributed by atoms with Crippen LogP contribution in [-0.2, 0) is 17.6 Å². The number of nitrogens with zero attached hydrogens (tertiary/aromatic N) is 5. The number of aryl methyl sites for hydroxylation is 2. The number of nitrogens with one attached hydrogen (secondary N) is 1. The van der Waals surface area contributed by atoms with Crippen molar-refractivity contribution < 1.29 is 55.5 Å². The number of fused-ring (bicyclic) bond motifs is 2. The number of hydrogen-bond donors (Lipinski definition) is 2. The van der Waals surface area contributed by atoms with Crippen LogP contribution in [0.3, 0.4) is 0 Å². The maximum atomic E-state index is 11.3. The molecular weight excluding hydrogens is 525 g/mol. The van der Waals surface area contributed by atoms with Crippen LogP contribution in [-0.4, -0.2) is 55.5 Å². The van der Waals surface area contributed by atoms with Crippen LogP contribution in [0.4, 0.5) is 10.5 Å². The molecule has 0 radical (unpaired) electrons. The molecule has 0 aromatic carbocycles. The number of amides is 1. The number of hydrogen-bond acceptors (Lipinski definition) is 7. The quantitative estimate of drug-likeness (QED) is 0.272. The fraction of sp³-hybridized carbons (Fsp3) is 0.500. The number of rotatable bonds is 2. The third-order valence-corrected chi connectivity index (χ3v) is 4.35. The Morgan fingerprint density at radius 1 is 1.03 bits per heavy atom. The van der Waals surface area contributed by atoms with E-state index in [4.69, 9.17) is 33.4 Å². The summed E-state index contributed by atoms with van der Waals surface area (Å²) in [6.07, 6.45) is 4.87. The fourth-order valence-corrected chi connectivity index (χ4v) is 3.01. The molecule has 4 rings (SSSR count). The normalized spacial score (nSPS) is 9.89. The van der Waals surface area contributed by atoms with Crippen molar-refractivity contribution in [3.05, 3.63) is 39.9 Å². The predicted octanol–water partition coefficient (Wildman–Crippen LogP) is 1.56. The molecule has 1 aliphatic heterocycles. The zero-order chi connectivity index (χ0) is 22.8. The first-order valence-corrected chi connectivity index (χ1v) is 9.64. The Labute approximate surface area is 247 Å². The van der Waals surface area contributed by atoms with Crippen molar-refractivity contribution in [2.45, 2.75) is 62.8 Å². The van der Waals surface area contributed by atoms with Crippen LogP contribution in [0.1, 0.15) is 67.3 Å². The van der Waals surface area contributed by atoms with Gasteiger partial charge in [-0.05, 0) is 12.8 Å². The number of carbonyl (C=O) groups excluding carboxylic acids is 2. The molecule has 36 heavy (non-hydrogen) atoms. The summed E-state index contributed by atoms with van der Waals surface area (Å²) in [6.45, 7) is 3.98. The molecule has 206 valence electrons. The van der Waals surface area contributed by atoms with E-state index in [1.807, 2.05) is 13.8 Å². The second kappa shape index (κ2) is 23.8. The first-order chi connectivity index (χ1) is 14.4. The molecule has 0 bridgehead atoms. The molecule has 2 N–H and O–H groups in total. The molecule has 0 spiro atoms. The molecule has 0 unspecified atom stereocenters. The largest absolute Gasteiger partial charge is 1.00 e. The maximum absolute atomic E-state index is 11.3. The van der Waals surface area contributed by atoms with Gasteiger partial charge < -0.3 is 15.5 Å². The summed E-state index contributed by atoms with van der Waals surface area (Å²) in [5, 5.41) is 26.7. The second-order valence-electron chi connectivity index (χ2n) is 5.56. The monoisotopic (exact) mass is 567 g/mol. The molecule has 3 aromatic rings. The molecule has 4 heterocycles. The Morgan fingerprint density at radius 3 is 2.03 bits per heavy atom. The van der Waals surface area contributed by atoms with Crippen LogP contribution in [0.2, 0.25) is 10.3 Å². The van der Waals surface area contributed by atoms with Gasteiger partial charge in [0, 0.05) is 25.7 Å². The number of carbonyl (C=O) groups is 2. The van der Waals surface area contributed by atoms with E-state index in [0.717, 1.165) is 43.8 Å². The summed E-state index contributed by atoms with van der Waals surface area (Å²) >= 11 is 11.7. The maximum Gasteiger partial charge on any atom is 1.00 e. The standard InChI is InChI=1S/C8H7Cl2N3.C8H9N3O2.CH4O.CH3O.4CH4.FH.Na.H2/c1-2-5-4-11-13-7(10)3-6(9)12-8(5)13;1-2-5-4-9-11-7(13)3-6(12)10-8(5)11;2*1-2;;;;;;;/h3-4H,2H2,1H3;4H,2-3H2,1H3,(H,10,12);2H,1H3;1H3;4*1H4;1H;;1H/q;;;-1;;;;;;+1;/i;;;;;;;;;;1+1. The average Bonchev–Trinajstić information content (AvgIpc) is 3.35. The first kappa shape index (κ1) is 47.6. The summed E-state index contributed by atoms with van der Waals surface area (Å²) in [5.41, 5.74) is 2.67. The topological polar surface area (TPSA) is 137 Å². The van der Waals surface area contributed by atoms with E-state index >= 15 is 0 Å². The van der Waals surface area contributed by atoms with Crippen LogP contribution in [0, 0.1) is 0 Å². The van der Waals surface area contributed by atoms with Crippen LogP contribution < -0.4 is 40.0 Å². The van der Waals surface area contributed by atoms with Gasteiger partial charge >= 0.3 is 29.6 Å². The van der Waals surface area contributed by atoms with E-state index < -0.39 is 0 Å². The summed E-state index contributed by atoms with van der Waals surface area (Å²) in [6, 6.07) is 1.57. The molecule has 10 nitrogen and oxygen atoms in total. The average molecular weight is 569 g/mol. The molecule has 1 aliphatic rings. The van der Waals surface area contributed by atoms with E-state index in [2.05, 4.69) is 20.5 Å². The summed E-state index contributed by atoms with van der Waals surface area (Å²) in [5.74, 6) is 0.00917. The minimum Gasteiger partial charge on any atom is -0.857 e. The molecule has 14 heteroatoms. The minimum atomic E-state index is -0.265. The molecule has 1 amide bonds. The summed E-state index contributed by atoms with van der Waals surface area (Å²) in [4.78, 5) is 26.4. The van der Waals surface area contributed by atoms with E-state index in [-0.39, 0.29) is 83.6 Å². The summed E-state index contributed by atoms with van der Waals surface area (Å²) in [7, 11) is 1.75. The molecule has 0 saturated carbocycles. The van der Waals surface area contributed by atoms with E-state index in [1.165, 1.54) is 4.68 Å². The number of aliphatic hydroxyl groups excluding tert-OH is 1. The zero-order valence-corrected chi connectivity index (χ0v) is 21.9. The number of aliphatic hydroxyl groups is 1. The molecule has 3 aromatic heterocycles. The number of aromatic nitrogens is 5. The van der Waals surface area contributed by atoms with Crippen LogP contribution in [0.15, 0.2) is 18.5 Å². The molecule has 0 atom stereocenters. The van der Waals surface area contributed by atoms with Gasteiger partial charge in [0.25, 0.3) is 5.91 Å². The van der Waals surface area contributed by atoms with Gasteiger partial charge in [0.05, 0.1) is 12.4 Å². The smallest absolute Gasteiger partial charge is 0.857 e. The zero-order valence-electron chi connectivity index (χ0n) is 18.4. The van der Waals surface area contributed by atoms with Gasteiger partial charge in [0.15, 0.2) is 5.65 Å². The van der Waals surface area contributed by atoms with Crippen molar-refractivity contribution in [3.8, 4) is 0 Å². The van der Waals surface area contributed by atoms with Gasteiger partial charge in [0.1, 0.15) is 22.5 Å². The Bertz CT molecular complexity index is 1020. The molecule has 0 fully saturated rings. The van der Waals surface area contributed by atoms with Crippen molar-refractivity contribution in [1.29, 1.82) is 0 Å². The number of halogens is 3. The van der Waals surface area contributed by atoms with Crippen molar-refractivity contribution in [2.75, 3.05) is 19.5 Å². The molecule has 0 aliphatic carbocycles. The second-order valence-corrected chi connectivity index (χ2v) is 6.34. The van der Waals surface area contributed by atoms with Crippen LogP contribution >= 0.6 is 23.2 Å². The minimum absolute atomic E-state index is 0. The van der Waals surface area contributed by atoms with Crippen molar-refractivity contribution in [3.63, 3.8) is 0 Å². The van der Waals surface area contributed by atoms with E-state index in [9.17, 15) is 9.59 Å². The third kappa shape index (κ3) is 11.6. The Kier molecular flexibility index (Phi) is 31.4. The fourth-order valence-electron chi connectivity index (χ4n) is 2.55. The number of anilines is 1. The van der Waals surface area contributed by atoms with Crippen LogP contribution in [0.5, 0.6) is 0 Å². The van der Waals surface area contributed by atoms with E-state index in [1.54, 1.807) is 23.0 Å². The first-order valence-electron chi connectivity index (χ1n) is 8.88. The van der Waals surface area contributed by atoms with Crippen molar-refractivity contribution >= 4 is 46.5 Å². The van der Waals surface area contributed by atoms with Crippen molar-refractivity contribution in [1.82, 2.24) is 24.4 Å². The Hall–Kier alpha value is -1.60. The predicted molar refractivity (Wildman–Crippen MR) is 143 cm³/mol. The molecule has 0 saturated heterocycles. The van der Waals surface area contributed by atoms with Crippen molar-refractivity contribution in [2.24, 2.45) is 0 Å². The molecular formula is C22H42Cl2FN6NaO4. The van der Waals surface area contributed by atoms with Gasteiger partial charge in [-0.1, -0.05) is 66.8 Å². The van der Waals surface area contributed by atoms with Gasteiger partial charge in [-0.25, -0.2) is 9.50 Å². The Morgan fingerprint density at radius 2 is 1.53 bits per heavy atom. The third-order valence-electron chi connectivity index (χ3n) is 3.88. The van der Waals surface area contributed by atoms with Gasteiger partial charge in [-0.15, -0.1) is 0 Å². The van der Waals surface area contributed by atoms with Gasteiger partial charge in [-0.2, -0.15) is 22.0 Å². The summed E-state index contributed by atoms with van der Waals surface area (Å²) < 4.78 is 2.83. The van der Waals surface area contributed by atoms with Crippen LogP contribution in [0.25, 0.3) is 5.65 Å². The SMILES string of the molecule is C.C.C.C.CCc1cnn2c(Cl)cc(Cl)nc12.CCc1cnn2c1NC(=O)CC2=O.CO.C[O-].F.[2HH].[Na+]. The van der Waals surface area contributed by atoms with Gasteiger partial charge in [-0.3, -0.25) is 14.3 Å². The van der Waals surface area contributed by atoms with E-state index in [0.29, 0.717) is 16.1 Å². The Balaban J connectivity index is -0.0000000734. The van der Waals surface area contributed by atoms with Gasteiger partial charge in [0.2, 0.25) is 5.91 Å².